The first-order valence-corrected chi connectivity index (χ1v) is 16.2. The van der Waals surface area contributed by atoms with Gasteiger partial charge in [-0.3, -0.25) is 47.9 Å². The molecule has 8 N–H and O–H groups in total. The number of nitrogens with zero attached hydrogens (tertiary/aromatic N) is 1. The van der Waals surface area contributed by atoms with E-state index in [9.17, 15) is 53.1 Å². The molecule has 4 rings (SSSR count). The van der Waals surface area contributed by atoms with Crippen LogP contribution in [0.3, 0.4) is 0 Å². The van der Waals surface area contributed by atoms with Crippen LogP contribution in [-0.2, 0) is 33.6 Å². The molecular weight excluding hydrogens is 684 g/mol. The van der Waals surface area contributed by atoms with Crippen LogP contribution in [-0.4, -0.2) is 112 Å². The lowest BCUT2D eigenvalue weighted by molar-refractivity contribution is -0.143. The molecule has 1 fully saturated rings. The number of likely N-dealkylation sites (tertiary alicyclic amines) is 1. The summed E-state index contributed by atoms with van der Waals surface area (Å²) in [5, 5.41) is 27.4. The number of carbonyl (C=O) groups is 10. The number of nitrogens with one attached hydrogen (secondary N) is 4. The Kier molecular flexibility index (Phi) is 12.5. The van der Waals surface area contributed by atoms with Crippen molar-refractivity contribution >= 4 is 58.9 Å². The van der Waals surface area contributed by atoms with E-state index in [0.29, 0.717) is 17.5 Å². The first-order chi connectivity index (χ1) is 24.7. The van der Waals surface area contributed by atoms with E-state index in [-0.39, 0.29) is 48.9 Å². The highest BCUT2D eigenvalue weighted by Gasteiger charge is 2.39. The molecule has 3 atom stereocenters. The summed E-state index contributed by atoms with van der Waals surface area (Å²) in [5.74, 6) is -9.10. The first-order valence-electron chi connectivity index (χ1n) is 16.2. The Bertz CT molecular complexity index is 1840. The minimum atomic E-state index is -1.44. The van der Waals surface area contributed by atoms with Crippen molar-refractivity contribution < 1.29 is 58.2 Å². The molecule has 0 aromatic heterocycles. The molecule has 0 spiro atoms. The molecule has 0 unspecified atom stereocenters. The molecule has 274 valence electrons. The maximum absolute atomic E-state index is 13.6. The van der Waals surface area contributed by atoms with Gasteiger partial charge in [0.1, 0.15) is 24.7 Å². The van der Waals surface area contributed by atoms with Crippen molar-refractivity contribution in [1.29, 1.82) is 0 Å². The third-order valence-electron chi connectivity index (χ3n) is 8.45. The molecule has 18 heteroatoms. The van der Waals surface area contributed by atoms with Crippen LogP contribution in [0.2, 0.25) is 0 Å². The van der Waals surface area contributed by atoms with Crippen LogP contribution in [0.15, 0.2) is 42.5 Å². The third kappa shape index (κ3) is 9.40. The van der Waals surface area contributed by atoms with Gasteiger partial charge in [0.25, 0.3) is 5.91 Å². The number of carbonyl (C=O) groups excluding carboxylic acids is 8. The highest BCUT2D eigenvalue weighted by atomic mass is 16.4. The van der Waals surface area contributed by atoms with E-state index in [1.807, 2.05) is 0 Å². The molecule has 2 aromatic rings. The molecular formula is C34H36N6O12. The molecule has 0 radical (unpaired) electrons. The number of ketones is 2. The second-order valence-electron chi connectivity index (χ2n) is 12.1. The van der Waals surface area contributed by atoms with Gasteiger partial charge in [-0.2, -0.15) is 0 Å². The van der Waals surface area contributed by atoms with Gasteiger partial charge < -0.3 is 42.1 Å². The molecule has 0 bridgehead atoms. The van der Waals surface area contributed by atoms with Crippen molar-refractivity contribution in [2.75, 3.05) is 19.6 Å². The number of hydrogen-bond donors (Lipinski definition) is 7. The van der Waals surface area contributed by atoms with Gasteiger partial charge in [0.2, 0.25) is 41.1 Å². The average Bonchev–Trinajstić information content (AvgIpc) is 3.61. The quantitative estimate of drug-likeness (QED) is 0.100. The number of fused-ring (bicyclic) bond motifs is 3. The Morgan fingerprint density at radius 3 is 2.10 bits per heavy atom. The van der Waals surface area contributed by atoms with Crippen molar-refractivity contribution in [3.8, 4) is 11.1 Å². The van der Waals surface area contributed by atoms with E-state index in [2.05, 4.69) is 21.3 Å². The highest BCUT2D eigenvalue weighted by Crippen LogP contribution is 2.33. The standard InChI is InChI=1S/C34H36N6O12/c35-25(41)11-9-22(32(50)37-16-28(45)46)39-33(51)24-6-3-13-40(24)34(52)23(10-12-27(43)44)38-26(42)15-36-31(49)17-7-8-19-18-4-1-2-5-20(18)29(47)30(48)21(19)14-17/h1-2,4-5,7-8,14,22-24H,3,6,9-13,15-16H2,(H2,35,41)(H,36,49)(H,37,50)(H,38,42)(H,39,51)(H,43,44)(H,45,46)/t22-,23-,24-/m0/s1. The highest BCUT2D eigenvalue weighted by molar-refractivity contribution is 6.53. The van der Waals surface area contributed by atoms with E-state index in [4.69, 9.17) is 10.8 Å². The maximum atomic E-state index is 13.6. The predicted octanol–water partition coefficient (Wildman–Crippen LogP) is -1.25. The average molecular weight is 721 g/mol. The summed E-state index contributed by atoms with van der Waals surface area (Å²) in [4.78, 5) is 125. The fourth-order valence-corrected chi connectivity index (χ4v) is 5.91. The molecule has 18 nitrogen and oxygen atoms in total. The lowest BCUT2D eigenvalue weighted by Gasteiger charge is -2.29. The lowest BCUT2D eigenvalue weighted by atomic mass is 9.83. The van der Waals surface area contributed by atoms with E-state index >= 15 is 0 Å². The number of Topliss-reactive ketones (excluding diaryl/α,β-unsaturated/α-hetero) is 2. The Morgan fingerprint density at radius 1 is 0.769 bits per heavy atom. The van der Waals surface area contributed by atoms with Gasteiger partial charge in [-0.05, 0) is 48.9 Å². The van der Waals surface area contributed by atoms with Crippen molar-refractivity contribution in [1.82, 2.24) is 26.2 Å². The zero-order chi connectivity index (χ0) is 38.1. The number of benzene rings is 2. The van der Waals surface area contributed by atoms with Crippen LogP contribution < -0.4 is 27.0 Å². The predicted molar refractivity (Wildman–Crippen MR) is 177 cm³/mol. The summed E-state index contributed by atoms with van der Waals surface area (Å²) in [6.07, 6.45) is -1.04. The zero-order valence-electron chi connectivity index (χ0n) is 27.6. The molecule has 0 saturated carbocycles. The fourth-order valence-electron chi connectivity index (χ4n) is 5.91. The molecule has 1 aliphatic heterocycles. The number of amides is 6. The number of carboxylic acids is 2. The van der Waals surface area contributed by atoms with Crippen molar-refractivity contribution in [2.24, 2.45) is 5.73 Å². The fraction of sp³-hybridized carbons (Fsp3) is 0.353. The Balaban J connectivity index is 1.42. The summed E-state index contributed by atoms with van der Waals surface area (Å²) >= 11 is 0. The summed E-state index contributed by atoms with van der Waals surface area (Å²) in [7, 11) is 0. The second-order valence-corrected chi connectivity index (χ2v) is 12.1. The lowest BCUT2D eigenvalue weighted by Crippen LogP contribution is -2.57. The number of primary amides is 1. The monoisotopic (exact) mass is 720 g/mol. The topological polar surface area (TPSA) is 289 Å². The third-order valence-corrected chi connectivity index (χ3v) is 8.45. The number of nitrogens with two attached hydrogens (primary N) is 1. The molecule has 2 aromatic carbocycles. The molecule has 1 saturated heterocycles. The van der Waals surface area contributed by atoms with E-state index < -0.39 is 96.6 Å². The van der Waals surface area contributed by atoms with E-state index in [0.717, 1.165) is 4.90 Å². The molecule has 1 heterocycles. The Hall–Kier alpha value is -6.46. The number of aliphatic carboxylic acids is 2. The molecule has 1 aliphatic carbocycles. The van der Waals surface area contributed by atoms with Crippen LogP contribution in [0.25, 0.3) is 11.1 Å². The molecule has 2 aliphatic rings. The van der Waals surface area contributed by atoms with Gasteiger partial charge in [0, 0.05) is 36.1 Å². The van der Waals surface area contributed by atoms with Crippen LogP contribution in [0.5, 0.6) is 0 Å². The van der Waals surface area contributed by atoms with Crippen molar-refractivity contribution in [2.45, 2.75) is 56.7 Å². The van der Waals surface area contributed by atoms with Gasteiger partial charge in [0.15, 0.2) is 0 Å². The largest absolute Gasteiger partial charge is 0.481 e. The van der Waals surface area contributed by atoms with Crippen LogP contribution >= 0.6 is 0 Å². The Labute approximate surface area is 295 Å². The molecule has 6 amide bonds. The number of rotatable bonds is 16. The minimum Gasteiger partial charge on any atom is -0.481 e. The van der Waals surface area contributed by atoms with Gasteiger partial charge in [-0.25, -0.2) is 0 Å². The van der Waals surface area contributed by atoms with E-state index in [1.165, 1.54) is 24.3 Å². The number of hydrogen-bond acceptors (Lipinski definition) is 10. The second kappa shape index (κ2) is 17.0. The van der Waals surface area contributed by atoms with Gasteiger partial charge >= 0.3 is 11.9 Å². The summed E-state index contributed by atoms with van der Waals surface area (Å²) in [6.45, 7) is -1.39. The van der Waals surface area contributed by atoms with Gasteiger partial charge in [-0.1, -0.05) is 30.3 Å². The summed E-state index contributed by atoms with van der Waals surface area (Å²) in [5.41, 5.74) is 6.40. The van der Waals surface area contributed by atoms with Crippen LogP contribution in [0.4, 0.5) is 0 Å². The number of carboxylic acid groups (broad SMARTS) is 2. The Morgan fingerprint density at radius 2 is 1.42 bits per heavy atom. The molecule has 52 heavy (non-hydrogen) atoms. The SMILES string of the molecule is NC(=O)CC[C@H](NC(=O)[C@@H]1CCCN1C(=O)[C@H](CCC(=O)O)NC(=O)CNC(=O)c1ccc2c(c1)C(=O)C(=O)c1ccccc1-2)C(=O)NCC(=O)O. The van der Waals surface area contributed by atoms with Gasteiger partial charge in [-0.15, -0.1) is 0 Å². The first kappa shape index (κ1) is 38.3. The van der Waals surface area contributed by atoms with Gasteiger partial charge in [0.05, 0.1) is 6.54 Å². The maximum Gasteiger partial charge on any atom is 0.322 e. The summed E-state index contributed by atoms with van der Waals surface area (Å²) in [6, 6.07) is 6.74. The van der Waals surface area contributed by atoms with Crippen molar-refractivity contribution in [3.05, 3.63) is 59.2 Å². The van der Waals surface area contributed by atoms with E-state index in [1.54, 1.807) is 18.2 Å². The summed E-state index contributed by atoms with van der Waals surface area (Å²) < 4.78 is 0. The normalized spacial score (nSPS) is 15.7. The minimum absolute atomic E-state index is 0.0180. The van der Waals surface area contributed by atoms with Crippen LogP contribution in [0.1, 0.15) is 69.6 Å². The van der Waals surface area contributed by atoms with Crippen LogP contribution in [0, 0.1) is 0 Å². The smallest absolute Gasteiger partial charge is 0.322 e. The van der Waals surface area contributed by atoms with Crippen molar-refractivity contribution in [3.63, 3.8) is 0 Å². The zero-order valence-corrected chi connectivity index (χ0v) is 27.6.